The number of rotatable bonds is 3. The molecule has 1 amide bonds. The predicted octanol–water partition coefficient (Wildman–Crippen LogP) is 2.12. The molecule has 0 saturated carbocycles. The molecular weight excluding hydrogens is 290 g/mol. The van der Waals surface area contributed by atoms with Crippen molar-refractivity contribution in [2.75, 3.05) is 13.1 Å². The molecule has 116 valence electrons. The summed E-state index contributed by atoms with van der Waals surface area (Å²) in [5.74, 6) is -0.519. The average Bonchev–Trinajstić information content (AvgIpc) is 3.06. The van der Waals surface area contributed by atoms with Gasteiger partial charge < -0.3 is 0 Å². The highest BCUT2D eigenvalue weighted by Crippen LogP contribution is 2.46. The van der Waals surface area contributed by atoms with E-state index in [1.165, 1.54) is 11.2 Å². The first kappa shape index (κ1) is 14.9. The largest absolute Gasteiger partial charge is 0.272 e. The Balaban J connectivity index is 1.95. The average molecular weight is 306 g/mol. The summed E-state index contributed by atoms with van der Waals surface area (Å²) in [6.07, 6.45) is 1.12. The van der Waals surface area contributed by atoms with Crippen LogP contribution in [-0.2, 0) is 4.79 Å². The maximum Gasteiger partial charge on any atom is 0.254 e. The van der Waals surface area contributed by atoms with Gasteiger partial charge in [0.25, 0.3) is 12.3 Å². The third-order valence-corrected chi connectivity index (χ3v) is 4.68. The third kappa shape index (κ3) is 1.98. The molecule has 3 heterocycles. The van der Waals surface area contributed by atoms with Crippen molar-refractivity contribution in [3.05, 3.63) is 29.6 Å². The van der Waals surface area contributed by atoms with Crippen molar-refractivity contribution >= 4 is 5.91 Å². The highest BCUT2D eigenvalue weighted by atomic mass is 19.3. The summed E-state index contributed by atoms with van der Waals surface area (Å²) in [7, 11) is 0. The Morgan fingerprint density at radius 3 is 2.95 bits per heavy atom. The minimum atomic E-state index is -2.68. The van der Waals surface area contributed by atoms with Gasteiger partial charge in [0.2, 0.25) is 0 Å². The third-order valence-electron chi connectivity index (χ3n) is 4.68. The van der Waals surface area contributed by atoms with Crippen molar-refractivity contribution in [3.8, 4) is 6.07 Å². The van der Waals surface area contributed by atoms with Crippen LogP contribution < -0.4 is 0 Å². The molecule has 3 rings (SSSR count). The molecule has 0 radical (unpaired) electrons. The Kier molecular flexibility index (Phi) is 3.57. The summed E-state index contributed by atoms with van der Waals surface area (Å²) in [6.45, 7) is 2.24. The number of halogens is 2. The van der Waals surface area contributed by atoms with Crippen molar-refractivity contribution in [1.82, 2.24) is 15.0 Å². The lowest BCUT2D eigenvalue weighted by Crippen LogP contribution is -2.41. The number of pyridine rings is 1. The standard InChI is InChI=1S/C15H16F2N4O/c1-2-15(13(16)17)9-20-4-3-12(21(20)14(15)22)11-5-10(6-18)7-19-8-11/h5,7-8,12-13H,2-4,9H2,1H3/t12-,15?/m1/s1. The van der Waals surface area contributed by atoms with Crippen LogP contribution in [0.25, 0.3) is 0 Å². The smallest absolute Gasteiger partial charge is 0.254 e. The molecule has 0 aliphatic carbocycles. The van der Waals surface area contributed by atoms with Gasteiger partial charge in [0.1, 0.15) is 11.5 Å². The highest BCUT2D eigenvalue weighted by Gasteiger charge is 2.59. The molecule has 2 saturated heterocycles. The van der Waals surface area contributed by atoms with Crippen LogP contribution in [0.15, 0.2) is 18.5 Å². The monoisotopic (exact) mass is 306 g/mol. The SMILES string of the molecule is CCC1(C(F)F)CN2CC[C@H](c3cncc(C#N)c3)N2C1=O. The molecule has 1 unspecified atom stereocenters. The van der Waals surface area contributed by atoms with E-state index >= 15 is 0 Å². The number of nitrogens with zero attached hydrogens (tertiary/aromatic N) is 4. The molecule has 0 bridgehead atoms. The van der Waals surface area contributed by atoms with Gasteiger partial charge in [0.05, 0.1) is 11.6 Å². The molecule has 5 nitrogen and oxygen atoms in total. The Labute approximate surface area is 127 Å². The quantitative estimate of drug-likeness (QED) is 0.858. The summed E-state index contributed by atoms with van der Waals surface area (Å²) in [6, 6.07) is 3.36. The number of alkyl halides is 2. The molecule has 22 heavy (non-hydrogen) atoms. The lowest BCUT2D eigenvalue weighted by Gasteiger charge is -2.27. The normalized spacial score (nSPS) is 28.2. The van der Waals surface area contributed by atoms with Gasteiger partial charge in [-0.05, 0) is 24.5 Å². The van der Waals surface area contributed by atoms with Crippen molar-refractivity contribution in [1.29, 1.82) is 5.26 Å². The number of carbonyl (C=O) groups is 1. The number of aromatic nitrogens is 1. The molecule has 2 aliphatic rings. The molecule has 2 fully saturated rings. The maximum absolute atomic E-state index is 13.5. The van der Waals surface area contributed by atoms with Gasteiger partial charge in [0.15, 0.2) is 0 Å². The number of hydrogen-bond donors (Lipinski definition) is 0. The van der Waals surface area contributed by atoms with Gasteiger partial charge in [-0.2, -0.15) is 5.26 Å². The van der Waals surface area contributed by atoms with Gasteiger partial charge in [-0.15, -0.1) is 0 Å². The van der Waals surface area contributed by atoms with E-state index in [4.69, 9.17) is 5.26 Å². The number of nitriles is 1. The lowest BCUT2D eigenvalue weighted by atomic mass is 9.84. The fraction of sp³-hybridized carbons (Fsp3) is 0.533. The Hall–Kier alpha value is -2.07. The fourth-order valence-electron chi connectivity index (χ4n) is 3.33. The van der Waals surface area contributed by atoms with Crippen molar-refractivity contribution < 1.29 is 13.6 Å². The van der Waals surface area contributed by atoms with E-state index in [1.54, 1.807) is 24.2 Å². The van der Waals surface area contributed by atoms with Crippen molar-refractivity contribution in [2.24, 2.45) is 5.41 Å². The zero-order valence-corrected chi connectivity index (χ0v) is 12.2. The topological polar surface area (TPSA) is 60.2 Å². The number of amides is 1. The van der Waals surface area contributed by atoms with E-state index in [9.17, 15) is 13.6 Å². The lowest BCUT2D eigenvalue weighted by molar-refractivity contribution is -0.148. The first-order valence-corrected chi connectivity index (χ1v) is 7.25. The van der Waals surface area contributed by atoms with E-state index < -0.39 is 17.7 Å². The van der Waals surface area contributed by atoms with Crippen LogP contribution in [0.4, 0.5) is 8.78 Å². The molecule has 0 aromatic carbocycles. The second-order valence-corrected chi connectivity index (χ2v) is 5.77. The predicted molar refractivity (Wildman–Crippen MR) is 73.5 cm³/mol. The first-order chi connectivity index (χ1) is 10.5. The van der Waals surface area contributed by atoms with Gasteiger partial charge in [-0.25, -0.2) is 13.8 Å². The van der Waals surface area contributed by atoms with E-state index in [-0.39, 0.29) is 19.0 Å². The summed E-state index contributed by atoms with van der Waals surface area (Å²) in [5.41, 5.74) is -0.492. The van der Waals surface area contributed by atoms with Crippen LogP contribution in [0.1, 0.15) is 36.9 Å². The Morgan fingerprint density at radius 2 is 2.32 bits per heavy atom. The second-order valence-electron chi connectivity index (χ2n) is 5.77. The van der Waals surface area contributed by atoms with Gasteiger partial charge in [-0.3, -0.25) is 14.8 Å². The zero-order valence-electron chi connectivity index (χ0n) is 12.2. The van der Waals surface area contributed by atoms with Crippen LogP contribution in [0.5, 0.6) is 0 Å². The van der Waals surface area contributed by atoms with Gasteiger partial charge in [-0.1, -0.05) is 6.92 Å². The molecular formula is C15H16F2N4O. The second kappa shape index (κ2) is 5.29. The number of hydrogen-bond acceptors (Lipinski definition) is 4. The van der Waals surface area contributed by atoms with E-state index in [0.717, 1.165) is 5.56 Å². The number of hydrazine groups is 1. The fourth-order valence-corrected chi connectivity index (χ4v) is 3.33. The van der Waals surface area contributed by atoms with Gasteiger partial charge in [0, 0.05) is 25.5 Å². The number of fused-ring (bicyclic) bond motifs is 1. The van der Waals surface area contributed by atoms with Gasteiger partial charge >= 0.3 is 0 Å². The zero-order chi connectivity index (χ0) is 15.9. The molecule has 1 aromatic heterocycles. The summed E-state index contributed by atoms with van der Waals surface area (Å²) >= 11 is 0. The molecule has 0 spiro atoms. The Morgan fingerprint density at radius 1 is 1.55 bits per heavy atom. The van der Waals surface area contributed by atoms with Crippen molar-refractivity contribution in [3.63, 3.8) is 0 Å². The van der Waals surface area contributed by atoms with Crippen LogP contribution >= 0.6 is 0 Å². The molecule has 2 aliphatic heterocycles. The number of carbonyl (C=O) groups excluding carboxylic acids is 1. The van der Waals surface area contributed by atoms with E-state index in [2.05, 4.69) is 4.98 Å². The molecule has 2 atom stereocenters. The molecule has 1 aromatic rings. The first-order valence-electron chi connectivity index (χ1n) is 7.25. The minimum absolute atomic E-state index is 0.0574. The molecule has 0 N–H and O–H groups in total. The van der Waals surface area contributed by atoms with Crippen LogP contribution in [0.3, 0.4) is 0 Å². The summed E-state index contributed by atoms with van der Waals surface area (Å²) in [5, 5.41) is 12.1. The van der Waals surface area contributed by atoms with E-state index in [0.29, 0.717) is 18.5 Å². The van der Waals surface area contributed by atoms with E-state index in [1.807, 2.05) is 6.07 Å². The van der Waals surface area contributed by atoms with Crippen LogP contribution in [0, 0.1) is 16.7 Å². The minimum Gasteiger partial charge on any atom is -0.272 e. The Bertz CT molecular complexity index is 645. The van der Waals surface area contributed by atoms with Crippen LogP contribution in [0.2, 0.25) is 0 Å². The maximum atomic E-state index is 13.5. The summed E-state index contributed by atoms with van der Waals surface area (Å²) < 4.78 is 26.9. The highest BCUT2D eigenvalue weighted by molar-refractivity contribution is 5.85. The summed E-state index contributed by atoms with van der Waals surface area (Å²) in [4.78, 5) is 16.6. The van der Waals surface area contributed by atoms with Crippen LogP contribution in [-0.4, -0.2) is 40.4 Å². The van der Waals surface area contributed by atoms with Crippen molar-refractivity contribution in [2.45, 2.75) is 32.2 Å². The molecule has 7 heteroatoms.